The molecule has 2 rings (SSSR count). The zero-order valence-corrected chi connectivity index (χ0v) is 9.59. The predicted octanol–water partition coefficient (Wildman–Crippen LogP) is 0.508. The zero-order valence-electron chi connectivity index (χ0n) is 9.59. The van der Waals surface area contributed by atoms with Crippen LogP contribution in [0.5, 0.6) is 0 Å². The van der Waals surface area contributed by atoms with Gasteiger partial charge in [-0.1, -0.05) is 0 Å². The van der Waals surface area contributed by atoms with Gasteiger partial charge < -0.3 is 15.7 Å². The van der Waals surface area contributed by atoms with Gasteiger partial charge in [0, 0.05) is 19.0 Å². The van der Waals surface area contributed by atoms with E-state index in [1.807, 2.05) is 0 Å². The van der Waals surface area contributed by atoms with E-state index < -0.39 is 12.1 Å². The summed E-state index contributed by atoms with van der Waals surface area (Å²) < 4.78 is 31.7. The molecule has 0 aliphatic carbocycles. The number of halogens is 3. The summed E-state index contributed by atoms with van der Waals surface area (Å²) in [6.45, 7) is 2.09. The van der Waals surface area contributed by atoms with Crippen LogP contribution in [0, 0.1) is 5.92 Å². The number of amides is 1. The molecule has 104 valence electrons. The first-order valence-electron chi connectivity index (χ1n) is 5.61. The second-order valence-corrected chi connectivity index (χ2v) is 4.27. The largest absolute Gasteiger partial charge is 0.490 e. The third-order valence-corrected chi connectivity index (χ3v) is 2.96. The molecule has 0 spiro atoms. The summed E-state index contributed by atoms with van der Waals surface area (Å²) in [5.74, 6) is -1.78. The SMILES string of the molecule is O=C(O)C(F)(F)F.O=C1CCC2CCNCC2N1. The van der Waals surface area contributed by atoms with Crippen LogP contribution in [0.4, 0.5) is 13.2 Å². The Labute approximate surface area is 102 Å². The Morgan fingerprint density at radius 1 is 1.33 bits per heavy atom. The Hall–Kier alpha value is -1.31. The first-order valence-corrected chi connectivity index (χ1v) is 5.61. The van der Waals surface area contributed by atoms with Gasteiger partial charge >= 0.3 is 12.1 Å². The summed E-state index contributed by atoms with van der Waals surface area (Å²) in [5.41, 5.74) is 0. The van der Waals surface area contributed by atoms with Crippen molar-refractivity contribution in [1.29, 1.82) is 0 Å². The van der Waals surface area contributed by atoms with Crippen LogP contribution in [0.3, 0.4) is 0 Å². The molecule has 5 nitrogen and oxygen atoms in total. The van der Waals surface area contributed by atoms with Gasteiger partial charge in [-0.3, -0.25) is 4.79 Å². The van der Waals surface area contributed by atoms with Crippen LogP contribution in [-0.4, -0.2) is 42.3 Å². The Balaban J connectivity index is 0.000000203. The fraction of sp³-hybridized carbons (Fsp3) is 0.800. The molecular weight excluding hydrogens is 253 g/mol. The highest BCUT2D eigenvalue weighted by Crippen LogP contribution is 2.22. The van der Waals surface area contributed by atoms with E-state index in [2.05, 4.69) is 10.6 Å². The van der Waals surface area contributed by atoms with E-state index in [-0.39, 0.29) is 5.91 Å². The summed E-state index contributed by atoms with van der Waals surface area (Å²) >= 11 is 0. The first-order chi connectivity index (χ1) is 8.30. The number of carboxylic acids is 1. The monoisotopic (exact) mass is 268 g/mol. The van der Waals surface area contributed by atoms with Gasteiger partial charge in [0.05, 0.1) is 0 Å². The third kappa shape index (κ3) is 4.52. The lowest BCUT2D eigenvalue weighted by Gasteiger charge is -2.36. The minimum Gasteiger partial charge on any atom is -0.475 e. The third-order valence-electron chi connectivity index (χ3n) is 2.96. The highest BCUT2D eigenvalue weighted by molar-refractivity contribution is 5.77. The Morgan fingerprint density at radius 2 is 1.94 bits per heavy atom. The van der Waals surface area contributed by atoms with Crippen LogP contribution < -0.4 is 10.6 Å². The van der Waals surface area contributed by atoms with E-state index >= 15 is 0 Å². The molecule has 2 heterocycles. The van der Waals surface area contributed by atoms with E-state index in [1.54, 1.807) is 0 Å². The van der Waals surface area contributed by atoms with E-state index in [1.165, 1.54) is 6.42 Å². The van der Waals surface area contributed by atoms with Gasteiger partial charge in [-0.05, 0) is 25.3 Å². The van der Waals surface area contributed by atoms with Crippen LogP contribution in [0.2, 0.25) is 0 Å². The molecule has 2 atom stereocenters. The molecule has 2 aliphatic rings. The van der Waals surface area contributed by atoms with Gasteiger partial charge in [-0.2, -0.15) is 13.2 Å². The number of fused-ring (bicyclic) bond motifs is 1. The highest BCUT2D eigenvalue weighted by Gasteiger charge is 2.38. The molecule has 2 fully saturated rings. The van der Waals surface area contributed by atoms with Gasteiger partial charge in [0.25, 0.3) is 0 Å². The lowest BCUT2D eigenvalue weighted by atomic mass is 9.85. The van der Waals surface area contributed by atoms with Gasteiger partial charge in [-0.15, -0.1) is 0 Å². The van der Waals surface area contributed by atoms with Crippen molar-refractivity contribution in [1.82, 2.24) is 10.6 Å². The van der Waals surface area contributed by atoms with Crippen LogP contribution in [0.1, 0.15) is 19.3 Å². The fourth-order valence-corrected chi connectivity index (χ4v) is 2.02. The molecule has 2 unspecified atom stereocenters. The molecule has 3 N–H and O–H groups in total. The van der Waals surface area contributed by atoms with Gasteiger partial charge in [0.1, 0.15) is 0 Å². The summed E-state index contributed by atoms with van der Waals surface area (Å²) in [6.07, 6.45) is -2.02. The van der Waals surface area contributed by atoms with Crippen LogP contribution in [-0.2, 0) is 9.59 Å². The van der Waals surface area contributed by atoms with E-state index in [4.69, 9.17) is 9.90 Å². The van der Waals surface area contributed by atoms with Crippen molar-refractivity contribution in [2.45, 2.75) is 31.5 Å². The number of hydrogen-bond acceptors (Lipinski definition) is 3. The molecular formula is C10H15F3N2O3. The molecule has 8 heteroatoms. The maximum Gasteiger partial charge on any atom is 0.490 e. The predicted molar refractivity (Wildman–Crippen MR) is 55.8 cm³/mol. The lowest BCUT2D eigenvalue weighted by molar-refractivity contribution is -0.192. The highest BCUT2D eigenvalue weighted by atomic mass is 19.4. The quantitative estimate of drug-likeness (QED) is 0.598. The summed E-state index contributed by atoms with van der Waals surface area (Å²) in [4.78, 5) is 19.9. The smallest absolute Gasteiger partial charge is 0.475 e. The number of carbonyl (C=O) groups excluding carboxylic acids is 1. The number of rotatable bonds is 0. The summed E-state index contributed by atoms with van der Waals surface area (Å²) in [6, 6.07) is 0.421. The minimum atomic E-state index is -5.08. The molecule has 0 aromatic rings. The van der Waals surface area contributed by atoms with Crippen molar-refractivity contribution in [2.24, 2.45) is 5.92 Å². The topological polar surface area (TPSA) is 78.4 Å². The number of hydrogen-bond donors (Lipinski definition) is 3. The van der Waals surface area contributed by atoms with Crippen LogP contribution >= 0.6 is 0 Å². The van der Waals surface area contributed by atoms with Crippen molar-refractivity contribution in [3.63, 3.8) is 0 Å². The Bertz CT molecular complexity index is 320. The standard InChI is InChI=1S/C8H14N2O.C2HF3O2/c11-8-2-1-6-3-4-9-5-7(6)10-8;3-2(4,5)1(6)7/h6-7,9H,1-5H2,(H,10,11);(H,6,7). The molecule has 0 radical (unpaired) electrons. The van der Waals surface area contributed by atoms with Crippen LogP contribution in [0.15, 0.2) is 0 Å². The van der Waals surface area contributed by atoms with Crippen molar-refractivity contribution in [2.75, 3.05) is 13.1 Å². The molecule has 2 saturated heterocycles. The average Bonchev–Trinajstić information content (AvgIpc) is 2.28. The molecule has 0 aromatic heterocycles. The van der Waals surface area contributed by atoms with Crippen molar-refractivity contribution in [3.05, 3.63) is 0 Å². The number of nitrogens with one attached hydrogen (secondary N) is 2. The molecule has 2 aliphatic heterocycles. The van der Waals surface area contributed by atoms with Crippen molar-refractivity contribution >= 4 is 11.9 Å². The molecule has 1 amide bonds. The lowest BCUT2D eigenvalue weighted by Crippen LogP contribution is -2.53. The summed E-state index contributed by atoms with van der Waals surface area (Å²) in [5, 5.41) is 13.4. The molecule has 0 bridgehead atoms. The maximum atomic E-state index is 11.0. The maximum absolute atomic E-state index is 11.0. The number of alkyl halides is 3. The van der Waals surface area contributed by atoms with Gasteiger partial charge in [-0.25, -0.2) is 4.79 Å². The van der Waals surface area contributed by atoms with E-state index in [9.17, 15) is 18.0 Å². The number of aliphatic carboxylic acids is 1. The number of piperidine rings is 2. The Morgan fingerprint density at radius 3 is 2.50 bits per heavy atom. The first kappa shape index (κ1) is 14.7. The number of carboxylic acid groups (broad SMARTS) is 1. The van der Waals surface area contributed by atoms with E-state index in [0.29, 0.717) is 6.04 Å². The van der Waals surface area contributed by atoms with Crippen molar-refractivity contribution in [3.8, 4) is 0 Å². The average molecular weight is 268 g/mol. The van der Waals surface area contributed by atoms with Crippen molar-refractivity contribution < 1.29 is 27.9 Å². The van der Waals surface area contributed by atoms with Crippen LogP contribution in [0.25, 0.3) is 0 Å². The molecule has 0 saturated carbocycles. The van der Waals surface area contributed by atoms with Gasteiger partial charge in [0.15, 0.2) is 0 Å². The molecule has 18 heavy (non-hydrogen) atoms. The second kappa shape index (κ2) is 6.03. The molecule has 0 aromatic carbocycles. The zero-order chi connectivity index (χ0) is 13.8. The second-order valence-electron chi connectivity index (χ2n) is 4.27. The minimum absolute atomic E-state index is 0.231. The summed E-state index contributed by atoms with van der Waals surface area (Å²) in [7, 11) is 0. The Kier molecular flexibility index (Phi) is 4.94. The number of carbonyl (C=O) groups is 2. The normalized spacial score (nSPS) is 27.4. The van der Waals surface area contributed by atoms with E-state index in [0.717, 1.165) is 31.8 Å². The fourth-order valence-electron chi connectivity index (χ4n) is 2.02. The van der Waals surface area contributed by atoms with Gasteiger partial charge in [0.2, 0.25) is 5.91 Å².